The largest absolute Gasteiger partial charge is 0.492 e. The first kappa shape index (κ1) is 13.5. The van der Waals surface area contributed by atoms with Gasteiger partial charge in [-0.2, -0.15) is 0 Å². The number of ether oxygens (including phenoxy) is 1. The van der Waals surface area contributed by atoms with Gasteiger partial charge in [-0.05, 0) is 31.5 Å². The number of nitrogens with one attached hydrogen (secondary N) is 1. The Kier molecular flexibility index (Phi) is 4.02. The normalized spacial score (nSPS) is 21.8. The fourth-order valence-electron chi connectivity index (χ4n) is 2.03. The SMILES string of the molecule is CCOc1ccc(Cl)cc1NC1CCS(=O)(=O)C1. The lowest BCUT2D eigenvalue weighted by atomic mass is 10.2. The van der Waals surface area contributed by atoms with Crippen molar-refractivity contribution >= 4 is 27.1 Å². The van der Waals surface area contributed by atoms with E-state index >= 15 is 0 Å². The number of sulfone groups is 1. The summed E-state index contributed by atoms with van der Waals surface area (Å²) in [6.45, 7) is 2.46. The molecule has 1 aromatic carbocycles. The van der Waals surface area contributed by atoms with Crippen molar-refractivity contribution in [2.75, 3.05) is 23.4 Å². The lowest BCUT2D eigenvalue weighted by Crippen LogP contribution is -2.21. The van der Waals surface area contributed by atoms with E-state index in [0.29, 0.717) is 23.8 Å². The highest BCUT2D eigenvalue weighted by molar-refractivity contribution is 7.91. The Morgan fingerprint density at radius 1 is 1.50 bits per heavy atom. The van der Waals surface area contributed by atoms with Crippen molar-refractivity contribution in [1.82, 2.24) is 0 Å². The second-order valence-electron chi connectivity index (χ2n) is 4.32. The average Bonchev–Trinajstić information content (AvgIpc) is 2.62. The van der Waals surface area contributed by atoms with E-state index < -0.39 is 9.84 Å². The van der Waals surface area contributed by atoms with E-state index in [1.807, 2.05) is 6.92 Å². The van der Waals surface area contributed by atoms with Crippen molar-refractivity contribution in [2.45, 2.75) is 19.4 Å². The minimum absolute atomic E-state index is 0.0623. The first-order chi connectivity index (χ1) is 8.50. The third-order valence-electron chi connectivity index (χ3n) is 2.83. The summed E-state index contributed by atoms with van der Waals surface area (Å²) in [6.07, 6.45) is 0.625. The van der Waals surface area contributed by atoms with Gasteiger partial charge in [0.15, 0.2) is 9.84 Å². The Labute approximate surface area is 112 Å². The fraction of sp³-hybridized carbons (Fsp3) is 0.500. The smallest absolute Gasteiger partial charge is 0.152 e. The molecule has 100 valence electrons. The summed E-state index contributed by atoms with van der Waals surface area (Å²) in [5, 5.41) is 3.80. The topological polar surface area (TPSA) is 55.4 Å². The number of benzene rings is 1. The van der Waals surface area contributed by atoms with Gasteiger partial charge in [-0.3, -0.25) is 0 Å². The third kappa shape index (κ3) is 3.29. The minimum Gasteiger partial charge on any atom is -0.492 e. The molecule has 1 heterocycles. The first-order valence-electron chi connectivity index (χ1n) is 5.89. The van der Waals surface area contributed by atoms with Gasteiger partial charge in [0, 0.05) is 11.1 Å². The van der Waals surface area contributed by atoms with Gasteiger partial charge in [0.1, 0.15) is 5.75 Å². The lowest BCUT2D eigenvalue weighted by molar-refractivity contribution is 0.341. The molecular formula is C12H16ClNO3S. The number of hydrogen-bond acceptors (Lipinski definition) is 4. The predicted molar refractivity (Wildman–Crippen MR) is 73.3 cm³/mol. The Hall–Kier alpha value is -0.940. The van der Waals surface area contributed by atoms with Crippen LogP contribution in [0.4, 0.5) is 5.69 Å². The molecule has 1 fully saturated rings. The molecule has 6 heteroatoms. The predicted octanol–water partition coefficient (Wildman–Crippen LogP) is 2.34. The van der Waals surface area contributed by atoms with Crippen molar-refractivity contribution in [3.63, 3.8) is 0 Å². The van der Waals surface area contributed by atoms with E-state index in [4.69, 9.17) is 16.3 Å². The summed E-state index contributed by atoms with van der Waals surface area (Å²) < 4.78 is 28.3. The molecule has 0 spiro atoms. The van der Waals surface area contributed by atoms with Crippen molar-refractivity contribution in [1.29, 1.82) is 0 Å². The average molecular weight is 290 g/mol. The highest BCUT2D eigenvalue weighted by atomic mass is 35.5. The van der Waals surface area contributed by atoms with Crippen molar-refractivity contribution < 1.29 is 13.2 Å². The molecule has 0 bridgehead atoms. The van der Waals surface area contributed by atoms with Gasteiger partial charge >= 0.3 is 0 Å². The van der Waals surface area contributed by atoms with Gasteiger partial charge in [-0.15, -0.1) is 0 Å². The molecule has 0 saturated carbocycles. The molecule has 0 radical (unpaired) electrons. The molecule has 4 nitrogen and oxygen atoms in total. The molecule has 0 amide bonds. The van der Waals surface area contributed by atoms with Crippen LogP contribution < -0.4 is 10.1 Å². The van der Waals surface area contributed by atoms with Crippen LogP contribution in [0.5, 0.6) is 5.75 Å². The summed E-state index contributed by atoms with van der Waals surface area (Å²) >= 11 is 5.94. The van der Waals surface area contributed by atoms with Crippen LogP contribution in [-0.2, 0) is 9.84 Å². The molecule has 1 N–H and O–H groups in total. The molecule has 1 unspecified atom stereocenters. The van der Waals surface area contributed by atoms with Crippen molar-refractivity contribution in [3.8, 4) is 5.75 Å². The second kappa shape index (κ2) is 5.36. The zero-order valence-electron chi connectivity index (χ0n) is 10.1. The maximum absolute atomic E-state index is 11.4. The van der Waals surface area contributed by atoms with Gasteiger partial charge in [0.05, 0.1) is 23.8 Å². The molecule has 0 aromatic heterocycles. The van der Waals surface area contributed by atoms with E-state index in [9.17, 15) is 8.42 Å². The van der Waals surface area contributed by atoms with E-state index in [-0.39, 0.29) is 17.5 Å². The summed E-state index contributed by atoms with van der Waals surface area (Å²) in [5.41, 5.74) is 0.756. The van der Waals surface area contributed by atoms with Gasteiger partial charge in [-0.1, -0.05) is 11.6 Å². The quantitative estimate of drug-likeness (QED) is 0.924. The van der Waals surface area contributed by atoms with E-state index in [2.05, 4.69) is 5.32 Å². The van der Waals surface area contributed by atoms with Crippen LogP contribution in [0.25, 0.3) is 0 Å². The van der Waals surface area contributed by atoms with E-state index in [1.54, 1.807) is 18.2 Å². The zero-order chi connectivity index (χ0) is 13.2. The van der Waals surface area contributed by atoms with Gasteiger partial charge in [0.2, 0.25) is 0 Å². The maximum Gasteiger partial charge on any atom is 0.152 e. The van der Waals surface area contributed by atoms with Gasteiger partial charge in [0.25, 0.3) is 0 Å². The minimum atomic E-state index is -2.89. The van der Waals surface area contributed by atoms with Crippen LogP contribution >= 0.6 is 11.6 Å². The number of halogens is 1. The van der Waals surface area contributed by atoms with Crippen molar-refractivity contribution in [2.24, 2.45) is 0 Å². The molecule has 1 saturated heterocycles. The number of rotatable bonds is 4. The van der Waals surface area contributed by atoms with Crippen LogP contribution in [0.15, 0.2) is 18.2 Å². The Bertz CT molecular complexity index is 530. The lowest BCUT2D eigenvalue weighted by Gasteiger charge is -2.16. The standard InChI is InChI=1S/C12H16ClNO3S/c1-2-17-12-4-3-9(13)7-11(12)14-10-5-6-18(15,16)8-10/h3-4,7,10,14H,2,5-6,8H2,1H3. The number of hydrogen-bond donors (Lipinski definition) is 1. The van der Waals surface area contributed by atoms with Gasteiger partial charge < -0.3 is 10.1 Å². The highest BCUT2D eigenvalue weighted by Crippen LogP contribution is 2.30. The second-order valence-corrected chi connectivity index (χ2v) is 6.98. The maximum atomic E-state index is 11.4. The summed E-state index contributed by atoms with van der Waals surface area (Å²) in [5.74, 6) is 1.12. The van der Waals surface area contributed by atoms with Crippen LogP contribution in [0.2, 0.25) is 5.02 Å². The van der Waals surface area contributed by atoms with Crippen LogP contribution in [0.1, 0.15) is 13.3 Å². The van der Waals surface area contributed by atoms with Gasteiger partial charge in [-0.25, -0.2) is 8.42 Å². The molecule has 1 aliphatic rings. The van der Waals surface area contributed by atoms with Crippen molar-refractivity contribution in [3.05, 3.63) is 23.2 Å². The molecule has 0 aliphatic carbocycles. The van der Waals surface area contributed by atoms with Crippen LogP contribution in [0, 0.1) is 0 Å². The zero-order valence-corrected chi connectivity index (χ0v) is 11.7. The van der Waals surface area contributed by atoms with E-state index in [1.165, 1.54) is 0 Å². The Morgan fingerprint density at radius 3 is 2.89 bits per heavy atom. The third-order valence-corrected chi connectivity index (χ3v) is 4.84. The summed E-state index contributed by atoms with van der Waals surface area (Å²) in [6, 6.07) is 5.24. The Balaban J connectivity index is 2.15. The highest BCUT2D eigenvalue weighted by Gasteiger charge is 2.28. The fourth-order valence-corrected chi connectivity index (χ4v) is 3.87. The Morgan fingerprint density at radius 2 is 2.28 bits per heavy atom. The van der Waals surface area contributed by atoms with E-state index in [0.717, 1.165) is 5.69 Å². The molecule has 18 heavy (non-hydrogen) atoms. The summed E-state index contributed by atoms with van der Waals surface area (Å²) in [7, 11) is -2.89. The molecule has 1 atom stereocenters. The monoisotopic (exact) mass is 289 g/mol. The number of anilines is 1. The molecule has 1 aromatic rings. The molecule has 2 rings (SSSR count). The first-order valence-corrected chi connectivity index (χ1v) is 8.09. The van der Waals surface area contributed by atoms with Crippen LogP contribution in [-0.4, -0.2) is 32.6 Å². The molecular weight excluding hydrogens is 274 g/mol. The molecule has 1 aliphatic heterocycles. The van der Waals surface area contributed by atoms with Crippen LogP contribution in [0.3, 0.4) is 0 Å². The summed E-state index contributed by atoms with van der Waals surface area (Å²) in [4.78, 5) is 0.